The highest BCUT2D eigenvalue weighted by Crippen LogP contribution is 2.24. The summed E-state index contributed by atoms with van der Waals surface area (Å²) < 4.78 is 63.2. The van der Waals surface area contributed by atoms with Gasteiger partial charge in [0.25, 0.3) is 0 Å². The van der Waals surface area contributed by atoms with E-state index in [1.165, 1.54) is 0 Å². The molecule has 0 spiro atoms. The monoisotopic (exact) mass is 337 g/mol. The van der Waals surface area contributed by atoms with E-state index in [9.17, 15) is 21.2 Å². The fraction of sp³-hybridized carbons (Fsp3) is 0.538. The summed E-state index contributed by atoms with van der Waals surface area (Å²) in [6.07, 6.45) is 1.52. The molecule has 120 valence electrons. The Labute approximate surface area is 125 Å². The minimum absolute atomic E-state index is 0.220. The first kappa shape index (κ1) is 18.1. The number of nitrogens with zero attached hydrogens (tertiary/aromatic N) is 1. The van der Waals surface area contributed by atoms with Crippen LogP contribution in [0.3, 0.4) is 0 Å². The SMILES string of the molecule is CCCN(C(C)C)S(=O)(=O)c1cc(S(C)(=O)=O)ccc1F. The molecule has 0 saturated heterocycles. The Kier molecular flexibility index (Phi) is 5.51. The lowest BCUT2D eigenvalue weighted by Crippen LogP contribution is -2.38. The summed E-state index contributed by atoms with van der Waals surface area (Å²) in [5.41, 5.74) is 0. The molecule has 1 aromatic rings. The van der Waals surface area contributed by atoms with Crippen LogP contribution in [0.25, 0.3) is 0 Å². The molecule has 0 heterocycles. The van der Waals surface area contributed by atoms with Crippen LogP contribution < -0.4 is 0 Å². The summed E-state index contributed by atoms with van der Waals surface area (Å²) in [6.45, 7) is 5.42. The van der Waals surface area contributed by atoms with Crippen molar-refractivity contribution in [3.63, 3.8) is 0 Å². The van der Waals surface area contributed by atoms with Crippen LogP contribution in [0, 0.1) is 5.82 Å². The van der Waals surface area contributed by atoms with Crippen molar-refractivity contribution in [3.05, 3.63) is 24.0 Å². The van der Waals surface area contributed by atoms with Crippen LogP contribution in [0.2, 0.25) is 0 Å². The van der Waals surface area contributed by atoms with Crippen molar-refractivity contribution in [3.8, 4) is 0 Å². The zero-order chi connectivity index (χ0) is 16.4. The Morgan fingerprint density at radius 3 is 2.19 bits per heavy atom. The van der Waals surface area contributed by atoms with Gasteiger partial charge in [0, 0.05) is 18.8 Å². The molecule has 0 atom stereocenters. The second-order valence-corrected chi connectivity index (χ2v) is 8.95. The van der Waals surface area contributed by atoms with Gasteiger partial charge >= 0.3 is 0 Å². The summed E-state index contributed by atoms with van der Waals surface area (Å²) in [5, 5.41) is 0. The van der Waals surface area contributed by atoms with E-state index in [-0.39, 0.29) is 17.5 Å². The first-order valence-corrected chi connectivity index (χ1v) is 9.86. The molecule has 0 radical (unpaired) electrons. The standard InChI is InChI=1S/C13H20FNO4S2/c1-5-8-15(10(2)3)21(18,19)13-9-11(20(4,16)17)6-7-12(13)14/h6-7,9-10H,5,8H2,1-4H3. The molecule has 0 fully saturated rings. The van der Waals surface area contributed by atoms with Gasteiger partial charge < -0.3 is 0 Å². The zero-order valence-electron chi connectivity index (χ0n) is 12.5. The van der Waals surface area contributed by atoms with Gasteiger partial charge in [-0.3, -0.25) is 0 Å². The van der Waals surface area contributed by atoms with Crippen molar-refractivity contribution in [1.29, 1.82) is 0 Å². The number of hydrogen-bond donors (Lipinski definition) is 0. The third kappa shape index (κ3) is 4.02. The van der Waals surface area contributed by atoms with Crippen molar-refractivity contribution >= 4 is 19.9 Å². The number of sulfonamides is 1. The molecule has 0 aliphatic heterocycles. The predicted octanol–water partition coefficient (Wildman–Crippen LogP) is 2.04. The van der Waals surface area contributed by atoms with Gasteiger partial charge in [-0.05, 0) is 38.5 Å². The topological polar surface area (TPSA) is 71.5 Å². The summed E-state index contributed by atoms with van der Waals surface area (Å²) in [5.74, 6) is -0.954. The van der Waals surface area contributed by atoms with Gasteiger partial charge in [-0.25, -0.2) is 21.2 Å². The van der Waals surface area contributed by atoms with Crippen molar-refractivity contribution in [2.45, 2.75) is 43.0 Å². The van der Waals surface area contributed by atoms with Gasteiger partial charge in [0.15, 0.2) is 9.84 Å². The van der Waals surface area contributed by atoms with E-state index >= 15 is 0 Å². The second kappa shape index (κ2) is 6.41. The molecular weight excluding hydrogens is 317 g/mol. The van der Waals surface area contributed by atoms with Gasteiger partial charge in [-0.1, -0.05) is 6.92 Å². The van der Waals surface area contributed by atoms with Gasteiger partial charge in [-0.15, -0.1) is 0 Å². The van der Waals surface area contributed by atoms with E-state index in [0.29, 0.717) is 6.42 Å². The Balaban J connectivity index is 3.50. The highest BCUT2D eigenvalue weighted by Gasteiger charge is 2.30. The number of hydrogen-bond acceptors (Lipinski definition) is 4. The molecule has 0 saturated carbocycles. The number of halogens is 1. The maximum atomic E-state index is 13.9. The molecule has 0 bridgehead atoms. The molecule has 5 nitrogen and oxygen atoms in total. The number of rotatable bonds is 6. The maximum Gasteiger partial charge on any atom is 0.246 e. The van der Waals surface area contributed by atoms with Gasteiger partial charge in [0.1, 0.15) is 10.7 Å². The van der Waals surface area contributed by atoms with Gasteiger partial charge in [-0.2, -0.15) is 4.31 Å². The lowest BCUT2D eigenvalue weighted by Gasteiger charge is -2.25. The highest BCUT2D eigenvalue weighted by molar-refractivity contribution is 7.91. The lowest BCUT2D eigenvalue weighted by atomic mass is 10.3. The van der Waals surface area contributed by atoms with E-state index in [0.717, 1.165) is 28.8 Å². The summed E-state index contributed by atoms with van der Waals surface area (Å²) in [6, 6.07) is 2.46. The Morgan fingerprint density at radius 2 is 1.76 bits per heavy atom. The fourth-order valence-corrected chi connectivity index (χ4v) is 4.46. The smallest absolute Gasteiger partial charge is 0.224 e. The third-order valence-corrected chi connectivity index (χ3v) is 6.14. The Bertz CT molecular complexity index is 712. The quantitative estimate of drug-likeness (QED) is 0.745. The van der Waals surface area contributed by atoms with Crippen LogP contribution >= 0.6 is 0 Å². The van der Waals surface area contributed by atoms with E-state index in [1.807, 2.05) is 6.92 Å². The lowest BCUT2D eigenvalue weighted by molar-refractivity contribution is 0.352. The Morgan fingerprint density at radius 1 is 1.19 bits per heavy atom. The minimum Gasteiger partial charge on any atom is -0.224 e. The Hall–Kier alpha value is -0.990. The zero-order valence-corrected chi connectivity index (χ0v) is 14.1. The third-order valence-electron chi connectivity index (χ3n) is 2.94. The first-order valence-electron chi connectivity index (χ1n) is 6.53. The first-order chi connectivity index (χ1) is 9.51. The summed E-state index contributed by atoms with van der Waals surface area (Å²) in [7, 11) is -7.69. The van der Waals surface area contributed by atoms with Crippen LogP contribution in [0.15, 0.2) is 28.0 Å². The maximum absolute atomic E-state index is 13.9. The average Bonchev–Trinajstić information content (AvgIpc) is 2.34. The van der Waals surface area contributed by atoms with E-state index < -0.39 is 30.6 Å². The van der Waals surface area contributed by atoms with Crippen LogP contribution in [0.5, 0.6) is 0 Å². The molecule has 0 aliphatic carbocycles. The molecule has 0 N–H and O–H groups in total. The van der Waals surface area contributed by atoms with Crippen molar-refractivity contribution < 1.29 is 21.2 Å². The molecule has 1 aromatic carbocycles. The molecule has 0 aromatic heterocycles. The average molecular weight is 337 g/mol. The predicted molar refractivity (Wildman–Crippen MR) is 78.8 cm³/mol. The highest BCUT2D eigenvalue weighted by atomic mass is 32.2. The largest absolute Gasteiger partial charge is 0.246 e. The molecule has 8 heteroatoms. The van der Waals surface area contributed by atoms with E-state index in [4.69, 9.17) is 0 Å². The molecular formula is C13H20FNO4S2. The van der Waals surface area contributed by atoms with Crippen LogP contribution in [0.1, 0.15) is 27.2 Å². The number of benzene rings is 1. The van der Waals surface area contributed by atoms with Gasteiger partial charge in [0.2, 0.25) is 10.0 Å². The van der Waals surface area contributed by atoms with Gasteiger partial charge in [0.05, 0.1) is 4.90 Å². The van der Waals surface area contributed by atoms with Crippen LogP contribution in [0.4, 0.5) is 4.39 Å². The number of sulfone groups is 1. The molecule has 1 rings (SSSR count). The molecule has 0 aliphatic rings. The van der Waals surface area contributed by atoms with Crippen molar-refractivity contribution in [1.82, 2.24) is 4.31 Å². The molecule has 0 unspecified atom stereocenters. The van der Waals surface area contributed by atoms with Crippen LogP contribution in [-0.2, 0) is 19.9 Å². The molecule has 21 heavy (non-hydrogen) atoms. The van der Waals surface area contributed by atoms with E-state index in [2.05, 4.69) is 0 Å². The van der Waals surface area contributed by atoms with E-state index in [1.54, 1.807) is 13.8 Å². The summed E-state index contributed by atoms with van der Waals surface area (Å²) in [4.78, 5) is -0.824. The summed E-state index contributed by atoms with van der Waals surface area (Å²) >= 11 is 0. The van der Waals surface area contributed by atoms with Crippen molar-refractivity contribution in [2.75, 3.05) is 12.8 Å². The normalized spacial score (nSPS) is 13.1. The molecule has 0 amide bonds. The van der Waals surface area contributed by atoms with Crippen LogP contribution in [-0.4, -0.2) is 40.0 Å². The fourth-order valence-electron chi connectivity index (χ4n) is 1.91. The second-order valence-electron chi connectivity index (χ2n) is 5.07. The van der Waals surface area contributed by atoms with Crippen molar-refractivity contribution in [2.24, 2.45) is 0 Å². The minimum atomic E-state index is -4.08.